The van der Waals surface area contributed by atoms with Gasteiger partial charge in [-0.3, -0.25) is 20.2 Å². The van der Waals surface area contributed by atoms with Crippen LogP contribution in [-0.2, 0) is 0 Å². The molecule has 31 heavy (non-hydrogen) atoms. The third kappa shape index (κ3) is 4.38. The van der Waals surface area contributed by atoms with Crippen molar-refractivity contribution in [3.05, 3.63) is 99.1 Å². The summed E-state index contributed by atoms with van der Waals surface area (Å²) < 4.78 is 0. The first-order valence-electron chi connectivity index (χ1n) is 8.99. The molecule has 0 spiro atoms. The molecule has 0 unspecified atom stereocenters. The van der Waals surface area contributed by atoms with Crippen molar-refractivity contribution in [2.24, 2.45) is 0 Å². The molecule has 0 aliphatic carbocycles. The van der Waals surface area contributed by atoms with Crippen molar-refractivity contribution in [3.63, 3.8) is 0 Å². The molecule has 10 heteroatoms. The SMILES string of the molecule is O=[N+]([O-])c1ccc(Sc2nnc(-c3ccccc3)c(-c3ccccc3)n2)c([N+](=O)[O-])c1. The third-order valence-electron chi connectivity index (χ3n) is 4.31. The Kier molecular flexibility index (Phi) is 5.63. The summed E-state index contributed by atoms with van der Waals surface area (Å²) in [6.07, 6.45) is 0. The first-order valence-corrected chi connectivity index (χ1v) is 9.81. The molecule has 4 aromatic rings. The number of hydrogen-bond donors (Lipinski definition) is 0. The van der Waals surface area contributed by atoms with Crippen molar-refractivity contribution < 1.29 is 9.85 Å². The molecule has 0 aliphatic rings. The average Bonchev–Trinajstić information content (AvgIpc) is 2.80. The number of non-ortho nitro benzene ring substituents is 1. The van der Waals surface area contributed by atoms with Gasteiger partial charge in [-0.15, -0.1) is 10.2 Å². The summed E-state index contributed by atoms with van der Waals surface area (Å²) >= 11 is 0.927. The Labute approximate surface area is 180 Å². The van der Waals surface area contributed by atoms with E-state index in [2.05, 4.69) is 15.2 Å². The summed E-state index contributed by atoms with van der Waals surface area (Å²) in [5.74, 6) is 0. The zero-order valence-corrected chi connectivity index (χ0v) is 16.6. The highest BCUT2D eigenvalue weighted by atomic mass is 32.2. The van der Waals surface area contributed by atoms with E-state index >= 15 is 0 Å². The second kappa shape index (κ2) is 8.67. The zero-order valence-electron chi connectivity index (χ0n) is 15.8. The Morgan fingerprint density at radius 1 is 0.710 bits per heavy atom. The van der Waals surface area contributed by atoms with Crippen LogP contribution in [0.3, 0.4) is 0 Å². The van der Waals surface area contributed by atoms with E-state index in [1.54, 1.807) is 0 Å². The monoisotopic (exact) mass is 431 g/mol. The van der Waals surface area contributed by atoms with E-state index in [0.29, 0.717) is 11.4 Å². The number of nitro benzene ring substituents is 2. The van der Waals surface area contributed by atoms with Crippen molar-refractivity contribution in [2.75, 3.05) is 0 Å². The van der Waals surface area contributed by atoms with E-state index in [0.717, 1.165) is 29.0 Å². The summed E-state index contributed by atoms with van der Waals surface area (Å²) in [5, 5.41) is 31.0. The van der Waals surface area contributed by atoms with Gasteiger partial charge in [0, 0.05) is 17.2 Å². The van der Waals surface area contributed by atoms with Crippen LogP contribution in [0.1, 0.15) is 0 Å². The molecule has 152 valence electrons. The van der Waals surface area contributed by atoms with Crippen LogP contribution < -0.4 is 0 Å². The van der Waals surface area contributed by atoms with Crippen LogP contribution in [0.15, 0.2) is 88.9 Å². The molecular weight excluding hydrogens is 418 g/mol. The molecule has 1 aromatic heterocycles. The van der Waals surface area contributed by atoms with E-state index in [1.165, 1.54) is 12.1 Å². The second-order valence-electron chi connectivity index (χ2n) is 6.29. The third-order valence-corrected chi connectivity index (χ3v) is 5.23. The quantitative estimate of drug-likeness (QED) is 0.302. The van der Waals surface area contributed by atoms with Crippen LogP contribution in [0.5, 0.6) is 0 Å². The largest absolute Gasteiger partial charge is 0.290 e. The Balaban J connectivity index is 1.79. The Bertz CT molecular complexity index is 1270. The van der Waals surface area contributed by atoms with E-state index < -0.39 is 15.5 Å². The summed E-state index contributed by atoms with van der Waals surface area (Å²) in [7, 11) is 0. The first kappa shape index (κ1) is 20.1. The van der Waals surface area contributed by atoms with E-state index in [-0.39, 0.29) is 15.7 Å². The lowest BCUT2D eigenvalue weighted by atomic mass is 10.0. The maximum atomic E-state index is 11.4. The van der Waals surface area contributed by atoms with Gasteiger partial charge in [-0.2, -0.15) is 0 Å². The van der Waals surface area contributed by atoms with E-state index in [1.807, 2.05) is 60.7 Å². The lowest BCUT2D eigenvalue weighted by Crippen LogP contribution is -2.00. The van der Waals surface area contributed by atoms with Crippen molar-refractivity contribution in [1.82, 2.24) is 15.2 Å². The van der Waals surface area contributed by atoms with Crippen molar-refractivity contribution in [3.8, 4) is 22.5 Å². The number of aromatic nitrogens is 3. The highest BCUT2D eigenvalue weighted by Crippen LogP contribution is 2.37. The van der Waals surface area contributed by atoms with Gasteiger partial charge >= 0.3 is 0 Å². The molecule has 9 nitrogen and oxygen atoms in total. The highest BCUT2D eigenvalue weighted by Gasteiger charge is 2.22. The number of hydrogen-bond acceptors (Lipinski definition) is 8. The van der Waals surface area contributed by atoms with Gasteiger partial charge in [0.25, 0.3) is 11.4 Å². The van der Waals surface area contributed by atoms with Crippen LogP contribution in [0.4, 0.5) is 11.4 Å². The Hall–Kier alpha value is -4.18. The second-order valence-corrected chi connectivity index (χ2v) is 7.30. The number of benzene rings is 3. The molecule has 0 atom stereocenters. The lowest BCUT2D eigenvalue weighted by molar-refractivity contribution is -0.396. The molecule has 0 bridgehead atoms. The molecule has 3 aromatic carbocycles. The molecular formula is C21H13N5O4S. The molecule has 0 radical (unpaired) electrons. The molecule has 0 saturated heterocycles. The lowest BCUT2D eigenvalue weighted by Gasteiger charge is -2.09. The molecule has 0 fully saturated rings. The summed E-state index contributed by atoms with van der Waals surface area (Å²) in [6.45, 7) is 0. The normalized spacial score (nSPS) is 10.6. The molecule has 0 amide bonds. The Morgan fingerprint density at radius 3 is 1.90 bits per heavy atom. The molecule has 0 aliphatic heterocycles. The summed E-state index contributed by atoms with van der Waals surface area (Å²) in [4.78, 5) is 25.8. The van der Waals surface area contributed by atoms with Gasteiger partial charge in [0.15, 0.2) is 0 Å². The van der Waals surface area contributed by atoms with E-state index in [9.17, 15) is 20.2 Å². The molecule has 0 N–H and O–H groups in total. The molecule has 4 rings (SSSR count). The van der Waals surface area contributed by atoms with Crippen LogP contribution >= 0.6 is 11.8 Å². The fourth-order valence-corrected chi connectivity index (χ4v) is 3.68. The van der Waals surface area contributed by atoms with Gasteiger partial charge in [-0.25, -0.2) is 4.98 Å². The highest BCUT2D eigenvalue weighted by molar-refractivity contribution is 7.99. The first-order chi connectivity index (χ1) is 15.0. The van der Waals surface area contributed by atoms with Crippen LogP contribution in [-0.4, -0.2) is 25.0 Å². The van der Waals surface area contributed by atoms with Crippen LogP contribution in [0.25, 0.3) is 22.5 Å². The topological polar surface area (TPSA) is 125 Å². The fourth-order valence-electron chi connectivity index (χ4n) is 2.89. The summed E-state index contributed by atoms with van der Waals surface area (Å²) in [6, 6.07) is 22.3. The van der Waals surface area contributed by atoms with Crippen molar-refractivity contribution in [1.29, 1.82) is 0 Å². The van der Waals surface area contributed by atoms with Gasteiger partial charge in [0.1, 0.15) is 11.4 Å². The predicted octanol–water partition coefficient (Wildman–Crippen LogP) is 5.17. The van der Waals surface area contributed by atoms with Gasteiger partial charge in [0.05, 0.1) is 20.8 Å². The van der Waals surface area contributed by atoms with Crippen LogP contribution in [0.2, 0.25) is 0 Å². The van der Waals surface area contributed by atoms with Crippen molar-refractivity contribution >= 4 is 23.1 Å². The van der Waals surface area contributed by atoms with Crippen LogP contribution in [0, 0.1) is 20.2 Å². The van der Waals surface area contributed by atoms with Gasteiger partial charge < -0.3 is 0 Å². The number of nitrogens with zero attached hydrogens (tertiary/aromatic N) is 5. The molecule has 1 heterocycles. The van der Waals surface area contributed by atoms with Gasteiger partial charge in [-0.1, -0.05) is 60.7 Å². The maximum Gasteiger partial charge on any atom is 0.290 e. The zero-order chi connectivity index (χ0) is 21.8. The summed E-state index contributed by atoms with van der Waals surface area (Å²) in [5.41, 5.74) is 2.05. The standard InChI is InChI=1S/C21H13N5O4S/c27-25(28)16-11-12-18(17(13-16)26(29)30)31-21-22-19(14-7-3-1-4-8-14)20(23-24-21)15-9-5-2-6-10-15/h1-13H. The smallest absolute Gasteiger partial charge is 0.258 e. The van der Waals surface area contributed by atoms with Crippen molar-refractivity contribution in [2.45, 2.75) is 10.1 Å². The maximum absolute atomic E-state index is 11.4. The fraction of sp³-hybridized carbons (Fsp3) is 0. The minimum absolute atomic E-state index is 0.184. The Morgan fingerprint density at radius 2 is 1.32 bits per heavy atom. The predicted molar refractivity (Wildman–Crippen MR) is 115 cm³/mol. The van der Waals surface area contributed by atoms with E-state index in [4.69, 9.17) is 0 Å². The number of nitro groups is 2. The molecule has 0 saturated carbocycles. The van der Waals surface area contributed by atoms with Gasteiger partial charge in [-0.05, 0) is 17.8 Å². The number of rotatable bonds is 6. The minimum Gasteiger partial charge on any atom is -0.258 e. The minimum atomic E-state index is -0.679. The van der Waals surface area contributed by atoms with Gasteiger partial charge in [0.2, 0.25) is 5.16 Å². The average molecular weight is 431 g/mol.